The van der Waals surface area contributed by atoms with Crippen molar-refractivity contribution < 1.29 is 13.7 Å². The first kappa shape index (κ1) is 21.4. The minimum atomic E-state index is -0.925. The van der Waals surface area contributed by atoms with E-state index in [1.807, 2.05) is 44.2 Å². The third kappa shape index (κ3) is 7.33. The lowest BCUT2D eigenvalue weighted by molar-refractivity contribution is -0.149. The molecule has 1 aliphatic heterocycles. The van der Waals surface area contributed by atoms with Crippen LogP contribution in [0.5, 0.6) is 0 Å². The molecule has 1 aliphatic rings. The van der Waals surface area contributed by atoms with Crippen molar-refractivity contribution in [2.24, 2.45) is 10.9 Å². The van der Waals surface area contributed by atoms with Crippen LogP contribution in [0.3, 0.4) is 0 Å². The number of nitrogens with one attached hydrogen (secondary N) is 1. The maximum Gasteiger partial charge on any atom is 0.309 e. The van der Waals surface area contributed by atoms with Gasteiger partial charge in [0, 0.05) is 41.9 Å². The summed E-state index contributed by atoms with van der Waals surface area (Å²) in [7, 11) is -0.925. The van der Waals surface area contributed by atoms with Gasteiger partial charge in [-0.25, -0.2) is 0 Å². The van der Waals surface area contributed by atoms with Crippen molar-refractivity contribution in [3.63, 3.8) is 0 Å². The van der Waals surface area contributed by atoms with Crippen molar-refractivity contribution in [1.29, 1.82) is 0 Å². The van der Waals surface area contributed by atoms with Gasteiger partial charge in [-0.1, -0.05) is 30.3 Å². The van der Waals surface area contributed by atoms with Crippen LogP contribution in [0.25, 0.3) is 0 Å². The van der Waals surface area contributed by atoms with Crippen molar-refractivity contribution in [2.75, 3.05) is 38.5 Å². The lowest BCUT2D eigenvalue weighted by Crippen LogP contribution is -2.46. The van der Waals surface area contributed by atoms with Crippen LogP contribution in [-0.4, -0.2) is 59.6 Å². The van der Waals surface area contributed by atoms with Gasteiger partial charge in [-0.2, -0.15) is 0 Å². The molecule has 1 heterocycles. The minimum absolute atomic E-state index is 0.0116. The molecule has 0 aliphatic carbocycles. The Labute approximate surface area is 164 Å². The number of rotatable bonds is 8. The first-order chi connectivity index (χ1) is 13.1. The summed E-state index contributed by atoms with van der Waals surface area (Å²) in [6, 6.07) is 9.89. The maximum absolute atomic E-state index is 12.3. The zero-order chi connectivity index (χ0) is 19.5. The lowest BCUT2D eigenvalue weighted by atomic mass is 9.97. The summed E-state index contributed by atoms with van der Waals surface area (Å²) in [4.78, 5) is 18.7. The number of carbonyl (C=O) groups is 1. The number of aliphatic imine (C=N–C) groups is 1. The van der Waals surface area contributed by atoms with Crippen molar-refractivity contribution in [2.45, 2.75) is 32.4 Å². The van der Waals surface area contributed by atoms with E-state index in [9.17, 15) is 9.00 Å². The Morgan fingerprint density at radius 3 is 2.59 bits per heavy atom. The highest BCUT2D eigenvalue weighted by Crippen LogP contribution is 2.18. The summed E-state index contributed by atoms with van der Waals surface area (Å²) >= 11 is 0. The normalized spacial score (nSPS) is 16.8. The second kappa shape index (κ2) is 11.7. The molecule has 1 aromatic carbocycles. The number of hydrogen-bond acceptors (Lipinski definition) is 4. The molecule has 27 heavy (non-hydrogen) atoms. The van der Waals surface area contributed by atoms with E-state index >= 15 is 0 Å². The molecule has 1 unspecified atom stereocenters. The molecular formula is C20H31N3O3S. The van der Waals surface area contributed by atoms with Crippen LogP contribution in [0.4, 0.5) is 0 Å². The van der Waals surface area contributed by atoms with E-state index in [2.05, 4.69) is 15.2 Å². The summed E-state index contributed by atoms with van der Waals surface area (Å²) in [6.07, 6.45) is 1.56. The highest BCUT2D eigenvalue weighted by atomic mass is 32.2. The Bertz CT molecular complexity index is 629. The van der Waals surface area contributed by atoms with Crippen molar-refractivity contribution >= 4 is 22.7 Å². The Morgan fingerprint density at radius 1 is 1.26 bits per heavy atom. The predicted octanol–water partition coefficient (Wildman–Crippen LogP) is 2.18. The third-order valence-electron chi connectivity index (χ3n) is 4.50. The number of esters is 1. The number of piperidine rings is 1. The number of likely N-dealkylation sites (tertiary alicyclic amines) is 1. The molecule has 0 bridgehead atoms. The fourth-order valence-electron chi connectivity index (χ4n) is 3.10. The number of nitrogens with zero attached hydrogens (tertiary/aromatic N) is 2. The molecule has 0 spiro atoms. The van der Waals surface area contributed by atoms with Gasteiger partial charge in [0.05, 0.1) is 19.1 Å². The van der Waals surface area contributed by atoms with Gasteiger partial charge >= 0.3 is 5.97 Å². The Morgan fingerprint density at radius 2 is 1.96 bits per heavy atom. The van der Waals surface area contributed by atoms with Gasteiger partial charge in [0.2, 0.25) is 0 Å². The number of ether oxygens (including phenoxy) is 1. The number of guanidine groups is 1. The third-order valence-corrected chi connectivity index (χ3v) is 5.79. The summed E-state index contributed by atoms with van der Waals surface area (Å²) in [5, 5.41) is 3.31. The molecular weight excluding hydrogens is 362 g/mol. The molecule has 1 aromatic rings. The van der Waals surface area contributed by atoms with Crippen LogP contribution in [-0.2, 0) is 26.1 Å². The van der Waals surface area contributed by atoms with Crippen molar-refractivity contribution in [3.8, 4) is 0 Å². The monoisotopic (exact) mass is 393 g/mol. The number of carbonyl (C=O) groups excluding carboxylic acids is 1. The zero-order valence-electron chi connectivity index (χ0n) is 16.4. The molecule has 2 rings (SSSR count). The lowest BCUT2D eigenvalue weighted by Gasteiger charge is -2.33. The fourth-order valence-corrected chi connectivity index (χ4v) is 4.10. The van der Waals surface area contributed by atoms with E-state index in [1.54, 1.807) is 0 Å². The van der Waals surface area contributed by atoms with E-state index in [-0.39, 0.29) is 11.9 Å². The Hall–Kier alpha value is -1.89. The van der Waals surface area contributed by atoms with E-state index in [0.29, 0.717) is 24.7 Å². The Balaban J connectivity index is 1.82. The predicted molar refractivity (Wildman–Crippen MR) is 110 cm³/mol. The van der Waals surface area contributed by atoms with E-state index in [0.717, 1.165) is 44.0 Å². The fraction of sp³-hybridized carbons (Fsp3) is 0.600. The van der Waals surface area contributed by atoms with Gasteiger partial charge in [0.25, 0.3) is 0 Å². The Kier molecular flexibility index (Phi) is 9.31. The van der Waals surface area contributed by atoms with Gasteiger partial charge in [-0.05, 0) is 32.3 Å². The molecule has 1 atom stereocenters. The van der Waals surface area contributed by atoms with Gasteiger partial charge in [-0.15, -0.1) is 0 Å². The SMILES string of the molecule is CCNC(=NCCS(=O)Cc1ccccc1)N1CCC(C(=O)OCC)CC1. The molecule has 0 saturated carbocycles. The second-order valence-electron chi connectivity index (χ2n) is 6.52. The van der Waals surface area contributed by atoms with Crippen LogP contribution in [0.15, 0.2) is 35.3 Å². The minimum Gasteiger partial charge on any atom is -0.466 e. The molecule has 150 valence electrons. The average molecular weight is 394 g/mol. The molecule has 0 radical (unpaired) electrons. The molecule has 0 amide bonds. The van der Waals surface area contributed by atoms with Crippen LogP contribution >= 0.6 is 0 Å². The average Bonchev–Trinajstić information content (AvgIpc) is 2.68. The standard InChI is InChI=1S/C20H31N3O3S/c1-3-21-20(23-13-10-18(11-14-23)19(24)26-4-2)22-12-15-27(25)16-17-8-6-5-7-9-17/h5-9,18H,3-4,10-16H2,1-2H3,(H,21,22). The van der Waals surface area contributed by atoms with E-state index < -0.39 is 10.8 Å². The molecule has 1 N–H and O–H groups in total. The summed E-state index contributed by atoms with van der Waals surface area (Å²) < 4.78 is 17.4. The van der Waals surface area contributed by atoms with E-state index in [1.165, 1.54) is 0 Å². The number of hydrogen-bond donors (Lipinski definition) is 1. The highest BCUT2D eigenvalue weighted by Gasteiger charge is 2.27. The topological polar surface area (TPSA) is 71.0 Å². The second-order valence-corrected chi connectivity index (χ2v) is 8.10. The smallest absolute Gasteiger partial charge is 0.309 e. The maximum atomic E-state index is 12.3. The van der Waals surface area contributed by atoms with Gasteiger partial charge in [0.1, 0.15) is 0 Å². The summed E-state index contributed by atoms with van der Waals surface area (Å²) in [5.41, 5.74) is 1.09. The van der Waals surface area contributed by atoms with Gasteiger partial charge < -0.3 is 15.0 Å². The largest absolute Gasteiger partial charge is 0.466 e. The molecule has 6 nitrogen and oxygen atoms in total. The highest BCUT2D eigenvalue weighted by molar-refractivity contribution is 7.84. The quantitative estimate of drug-likeness (QED) is 0.416. The summed E-state index contributed by atoms with van der Waals surface area (Å²) in [5.74, 6) is 1.86. The van der Waals surface area contributed by atoms with Crippen LogP contribution in [0.2, 0.25) is 0 Å². The van der Waals surface area contributed by atoms with Gasteiger partial charge in [-0.3, -0.25) is 14.0 Å². The first-order valence-electron chi connectivity index (χ1n) is 9.72. The van der Waals surface area contributed by atoms with E-state index in [4.69, 9.17) is 4.74 Å². The summed E-state index contributed by atoms with van der Waals surface area (Å²) in [6.45, 7) is 7.18. The van der Waals surface area contributed by atoms with Crippen LogP contribution in [0.1, 0.15) is 32.3 Å². The van der Waals surface area contributed by atoms with Crippen molar-refractivity contribution in [3.05, 3.63) is 35.9 Å². The van der Waals surface area contributed by atoms with Gasteiger partial charge in [0.15, 0.2) is 5.96 Å². The molecule has 7 heteroatoms. The first-order valence-corrected chi connectivity index (χ1v) is 11.2. The zero-order valence-corrected chi connectivity index (χ0v) is 17.2. The molecule has 0 aromatic heterocycles. The van der Waals surface area contributed by atoms with Crippen molar-refractivity contribution in [1.82, 2.24) is 10.2 Å². The van der Waals surface area contributed by atoms with Crippen LogP contribution < -0.4 is 5.32 Å². The molecule has 1 fully saturated rings. The molecule has 1 saturated heterocycles. The number of benzene rings is 1. The van der Waals surface area contributed by atoms with Crippen LogP contribution in [0, 0.1) is 5.92 Å².